The van der Waals surface area contributed by atoms with Gasteiger partial charge in [-0.3, -0.25) is 13.9 Å². The number of rotatable bonds is 15. The van der Waals surface area contributed by atoms with E-state index < -0.39 is 28.5 Å². The van der Waals surface area contributed by atoms with Crippen LogP contribution in [0.1, 0.15) is 25.0 Å². The van der Waals surface area contributed by atoms with Gasteiger partial charge in [-0.05, 0) is 65.6 Å². The van der Waals surface area contributed by atoms with E-state index in [1.807, 2.05) is 68.4 Å². The van der Waals surface area contributed by atoms with Crippen LogP contribution in [-0.4, -0.2) is 58.5 Å². The van der Waals surface area contributed by atoms with Crippen LogP contribution in [-0.2, 0) is 32.6 Å². The van der Waals surface area contributed by atoms with Crippen molar-refractivity contribution in [3.05, 3.63) is 119 Å². The molecule has 248 valence electrons. The Morgan fingerprint density at radius 2 is 1.45 bits per heavy atom. The first kappa shape index (κ1) is 35.5. The molecule has 0 saturated carbocycles. The molecule has 0 aliphatic carbocycles. The highest BCUT2D eigenvalue weighted by molar-refractivity contribution is 9.10. The van der Waals surface area contributed by atoms with Gasteiger partial charge in [0.15, 0.2) is 0 Å². The zero-order chi connectivity index (χ0) is 34.0. The Hall–Kier alpha value is -4.35. The first-order chi connectivity index (χ1) is 22.5. The van der Waals surface area contributed by atoms with Crippen LogP contribution in [0, 0.1) is 5.92 Å². The monoisotopic (exact) mass is 721 g/mol. The van der Waals surface area contributed by atoms with E-state index >= 15 is 0 Å². The van der Waals surface area contributed by atoms with Crippen LogP contribution in [0.15, 0.2) is 112 Å². The number of hydrogen-bond acceptors (Lipinski definition) is 6. The Morgan fingerprint density at radius 1 is 0.809 bits per heavy atom. The summed E-state index contributed by atoms with van der Waals surface area (Å²) in [4.78, 5) is 30.0. The highest BCUT2D eigenvalue weighted by atomic mass is 79.9. The van der Waals surface area contributed by atoms with Crippen molar-refractivity contribution in [2.24, 2.45) is 5.92 Å². The number of amides is 2. The zero-order valence-corrected chi connectivity index (χ0v) is 29.3. The van der Waals surface area contributed by atoms with E-state index in [0.29, 0.717) is 12.3 Å². The molecule has 0 aliphatic heterocycles. The predicted octanol–water partition coefficient (Wildman–Crippen LogP) is 6.07. The number of para-hydroxylation sites is 2. The fourth-order valence-corrected chi connectivity index (χ4v) is 6.68. The van der Waals surface area contributed by atoms with Gasteiger partial charge in [0, 0.05) is 24.0 Å². The summed E-state index contributed by atoms with van der Waals surface area (Å²) in [6, 6.07) is 28.5. The van der Waals surface area contributed by atoms with Crippen LogP contribution in [0.25, 0.3) is 0 Å². The summed E-state index contributed by atoms with van der Waals surface area (Å²) in [6.45, 7) is 3.89. The van der Waals surface area contributed by atoms with E-state index in [1.54, 1.807) is 36.4 Å². The van der Waals surface area contributed by atoms with E-state index in [1.165, 1.54) is 31.3 Å². The van der Waals surface area contributed by atoms with Gasteiger partial charge in [-0.15, -0.1) is 0 Å². The molecule has 9 nitrogen and oxygen atoms in total. The lowest BCUT2D eigenvalue weighted by atomic mass is 10.0. The van der Waals surface area contributed by atoms with Gasteiger partial charge in [0.2, 0.25) is 11.8 Å². The molecule has 47 heavy (non-hydrogen) atoms. The van der Waals surface area contributed by atoms with Gasteiger partial charge in [0.05, 0.1) is 24.8 Å². The fraction of sp³-hybridized carbons (Fsp3) is 0.278. The maximum Gasteiger partial charge on any atom is 0.264 e. The number of anilines is 1. The van der Waals surface area contributed by atoms with Gasteiger partial charge in [-0.1, -0.05) is 84.4 Å². The highest BCUT2D eigenvalue weighted by Gasteiger charge is 2.35. The minimum absolute atomic E-state index is 0.0352. The van der Waals surface area contributed by atoms with Gasteiger partial charge in [-0.2, -0.15) is 0 Å². The Bertz CT molecular complexity index is 1730. The van der Waals surface area contributed by atoms with Crippen molar-refractivity contribution in [2.45, 2.75) is 37.8 Å². The lowest BCUT2D eigenvalue weighted by Crippen LogP contribution is -2.53. The van der Waals surface area contributed by atoms with Crippen molar-refractivity contribution in [2.75, 3.05) is 31.6 Å². The number of carbonyl (C=O) groups is 2. The van der Waals surface area contributed by atoms with Crippen molar-refractivity contribution in [1.29, 1.82) is 0 Å². The molecule has 0 heterocycles. The van der Waals surface area contributed by atoms with Crippen LogP contribution < -0.4 is 19.1 Å². The van der Waals surface area contributed by atoms with Gasteiger partial charge >= 0.3 is 0 Å². The maximum atomic E-state index is 14.6. The topological polar surface area (TPSA) is 105 Å². The molecule has 0 aliphatic rings. The van der Waals surface area contributed by atoms with Crippen LogP contribution in [0.4, 0.5) is 5.69 Å². The summed E-state index contributed by atoms with van der Waals surface area (Å²) in [7, 11) is -1.37. The van der Waals surface area contributed by atoms with Gasteiger partial charge in [-0.25, -0.2) is 8.42 Å². The van der Waals surface area contributed by atoms with Crippen LogP contribution in [0.3, 0.4) is 0 Å². The SMILES string of the molecule is COc1ccc(S(=O)(=O)N(CC(=O)N(Cc2ccc(Br)cc2)[C@@H](Cc2ccccc2)C(=O)NCC(C)C)c2ccccc2OC)cc1. The van der Waals surface area contributed by atoms with E-state index in [-0.39, 0.29) is 41.1 Å². The molecule has 0 fully saturated rings. The molecule has 0 aromatic heterocycles. The average Bonchev–Trinajstić information content (AvgIpc) is 3.08. The Balaban J connectivity index is 1.82. The van der Waals surface area contributed by atoms with Gasteiger partial charge in [0.25, 0.3) is 10.0 Å². The predicted molar refractivity (Wildman–Crippen MR) is 187 cm³/mol. The summed E-state index contributed by atoms with van der Waals surface area (Å²) in [5, 5.41) is 3.00. The van der Waals surface area contributed by atoms with Crippen molar-refractivity contribution in [1.82, 2.24) is 10.2 Å². The van der Waals surface area contributed by atoms with Crippen molar-refractivity contribution < 1.29 is 27.5 Å². The second-order valence-electron chi connectivity index (χ2n) is 11.4. The van der Waals surface area contributed by atoms with Gasteiger partial charge < -0.3 is 19.7 Å². The number of hydrogen-bond donors (Lipinski definition) is 1. The van der Waals surface area contributed by atoms with Gasteiger partial charge in [0.1, 0.15) is 24.1 Å². The normalized spacial score (nSPS) is 11.9. The zero-order valence-electron chi connectivity index (χ0n) is 26.9. The number of methoxy groups -OCH3 is 2. The van der Waals surface area contributed by atoms with Crippen molar-refractivity contribution >= 4 is 43.5 Å². The number of sulfonamides is 1. The Kier molecular flexibility index (Phi) is 12.4. The first-order valence-electron chi connectivity index (χ1n) is 15.2. The lowest BCUT2D eigenvalue weighted by molar-refractivity contribution is -0.140. The molecule has 1 atom stereocenters. The molecule has 0 radical (unpaired) electrons. The third-order valence-electron chi connectivity index (χ3n) is 7.50. The third kappa shape index (κ3) is 9.36. The molecule has 4 aromatic rings. The van der Waals surface area contributed by atoms with E-state index in [4.69, 9.17) is 9.47 Å². The average molecular weight is 723 g/mol. The standard InChI is InChI=1S/C36H40BrN3O6S/c1-26(2)23-38-36(42)33(22-27-10-6-5-7-11-27)39(24-28-14-16-29(37)17-15-28)35(41)25-40(32-12-8-9-13-34(32)46-4)47(43,44)31-20-18-30(45-3)19-21-31/h5-21,26,33H,22-25H2,1-4H3,(H,38,42)/t33-/m0/s1. The molecule has 0 unspecified atom stereocenters. The number of halogens is 1. The highest BCUT2D eigenvalue weighted by Crippen LogP contribution is 2.33. The Labute approximate surface area is 285 Å². The smallest absolute Gasteiger partial charge is 0.264 e. The first-order valence-corrected chi connectivity index (χ1v) is 17.4. The number of carbonyl (C=O) groups excluding carboxylic acids is 2. The number of ether oxygens (including phenoxy) is 2. The summed E-state index contributed by atoms with van der Waals surface area (Å²) in [5.41, 5.74) is 1.82. The molecular weight excluding hydrogens is 682 g/mol. The molecule has 1 N–H and O–H groups in total. The van der Waals surface area contributed by atoms with Crippen molar-refractivity contribution in [3.8, 4) is 11.5 Å². The second-order valence-corrected chi connectivity index (χ2v) is 14.1. The minimum Gasteiger partial charge on any atom is -0.497 e. The van der Waals surface area contributed by atoms with Crippen LogP contribution in [0.5, 0.6) is 11.5 Å². The molecule has 0 bridgehead atoms. The summed E-state index contributed by atoms with van der Waals surface area (Å²) >= 11 is 3.46. The number of nitrogens with one attached hydrogen (secondary N) is 1. The molecule has 11 heteroatoms. The van der Waals surface area contributed by atoms with E-state index in [9.17, 15) is 18.0 Å². The molecule has 4 rings (SSSR count). The van der Waals surface area contributed by atoms with E-state index in [0.717, 1.165) is 19.9 Å². The molecule has 0 spiro atoms. The van der Waals surface area contributed by atoms with Crippen LogP contribution in [0.2, 0.25) is 0 Å². The largest absolute Gasteiger partial charge is 0.497 e. The van der Waals surface area contributed by atoms with Crippen molar-refractivity contribution in [3.63, 3.8) is 0 Å². The quantitative estimate of drug-likeness (QED) is 0.160. The number of nitrogens with zero attached hydrogens (tertiary/aromatic N) is 2. The summed E-state index contributed by atoms with van der Waals surface area (Å²) < 4.78 is 41.3. The summed E-state index contributed by atoms with van der Waals surface area (Å²) in [5.74, 6) is 0.0575. The summed E-state index contributed by atoms with van der Waals surface area (Å²) in [6.07, 6.45) is 0.229. The molecular formula is C36H40BrN3O6S. The molecule has 0 saturated heterocycles. The fourth-order valence-electron chi connectivity index (χ4n) is 4.99. The Morgan fingerprint density at radius 3 is 2.06 bits per heavy atom. The number of benzene rings is 4. The minimum atomic E-state index is -4.30. The van der Waals surface area contributed by atoms with Crippen LogP contribution >= 0.6 is 15.9 Å². The second kappa shape index (κ2) is 16.5. The third-order valence-corrected chi connectivity index (χ3v) is 9.80. The molecule has 2 amide bonds. The van der Waals surface area contributed by atoms with E-state index in [2.05, 4.69) is 21.2 Å². The molecule has 4 aromatic carbocycles. The lowest BCUT2D eigenvalue weighted by Gasteiger charge is -2.34. The maximum absolute atomic E-state index is 14.6.